The predicted octanol–water partition coefficient (Wildman–Crippen LogP) is 3.46. The maximum Gasteiger partial charge on any atom is 0.128 e. The van der Waals surface area contributed by atoms with Crippen molar-refractivity contribution in [2.75, 3.05) is 6.54 Å². The van der Waals surface area contributed by atoms with E-state index in [1.807, 2.05) is 26.8 Å². The highest BCUT2D eigenvalue weighted by molar-refractivity contribution is 5.35. The minimum atomic E-state index is -0.453. The van der Waals surface area contributed by atoms with Crippen molar-refractivity contribution < 1.29 is 8.78 Å². The van der Waals surface area contributed by atoms with Crippen molar-refractivity contribution in [2.24, 2.45) is 0 Å². The zero-order chi connectivity index (χ0) is 15.4. The molecule has 0 aliphatic carbocycles. The van der Waals surface area contributed by atoms with E-state index in [9.17, 15) is 8.78 Å². The Labute approximate surface area is 123 Å². The molecule has 0 spiro atoms. The van der Waals surface area contributed by atoms with Crippen LogP contribution in [0, 0.1) is 25.5 Å². The van der Waals surface area contributed by atoms with Crippen LogP contribution in [0.15, 0.2) is 24.3 Å². The van der Waals surface area contributed by atoms with Crippen molar-refractivity contribution in [3.8, 4) is 0 Å². The van der Waals surface area contributed by atoms with Gasteiger partial charge in [0.15, 0.2) is 0 Å². The molecule has 1 N–H and O–H groups in total. The molecule has 1 aromatic carbocycles. The second-order valence-electron chi connectivity index (χ2n) is 5.08. The van der Waals surface area contributed by atoms with Crippen molar-refractivity contribution >= 4 is 0 Å². The molecule has 0 fully saturated rings. The molecule has 3 nitrogen and oxygen atoms in total. The second-order valence-corrected chi connectivity index (χ2v) is 5.08. The minimum Gasteiger partial charge on any atom is -0.306 e. The Morgan fingerprint density at radius 1 is 1.10 bits per heavy atom. The lowest BCUT2D eigenvalue weighted by atomic mass is 9.96. The van der Waals surface area contributed by atoms with Gasteiger partial charge in [-0.25, -0.2) is 8.78 Å². The van der Waals surface area contributed by atoms with Gasteiger partial charge < -0.3 is 5.32 Å². The maximum absolute atomic E-state index is 14.1. The molecule has 5 heteroatoms. The van der Waals surface area contributed by atoms with E-state index in [-0.39, 0.29) is 0 Å². The van der Waals surface area contributed by atoms with Gasteiger partial charge in [0.25, 0.3) is 0 Å². The topological polar surface area (TPSA) is 37.8 Å². The molecule has 2 aromatic rings. The summed E-state index contributed by atoms with van der Waals surface area (Å²) < 4.78 is 27.6. The van der Waals surface area contributed by atoms with Crippen LogP contribution in [0.3, 0.4) is 0 Å². The van der Waals surface area contributed by atoms with Gasteiger partial charge >= 0.3 is 0 Å². The minimum absolute atomic E-state index is 0.291. The van der Waals surface area contributed by atoms with Gasteiger partial charge in [-0.2, -0.15) is 10.2 Å². The molecule has 21 heavy (non-hydrogen) atoms. The van der Waals surface area contributed by atoms with Crippen molar-refractivity contribution in [3.05, 3.63) is 58.4 Å². The summed E-state index contributed by atoms with van der Waals surface area (Å²) >= 11 is 0. The second kappa shape index (κ2) is 6.72. The average Bonchev–Trinajstić information content (AvgIpc) is 2.46. The van der Waals surface area contributed by atoms with Crippen LogP contribution in [0.5, 0.6) is 0 Å². The monoisotopic (exact) mass is 291 g/mol. The summed E-state index contributed by atoms with van der Waals surface area (Å²) in [5, 5.41) is 11.3. The first-order valence-electron chi connectivity index (χ1n) is 7.02. The Balaban J connectivity index is 2.52. The van der Waals surface area contributed by atoms with Crippen LogP contribution in [0.4, 0.5) is 8.78 Å². The van der Waals surface area contributed by atoms with E-state index in [2.05, 4.69) is 15.5 Å². The van der Waals surface area contributed by atoms with E-state index < -0.39 is 17.7 Å². The van der Waals surface area contributed by atoms with E-state index in [0.717, 1.165) is 29.8 Å². The third-order valence-corrected chi connectivity index (χ3v) is 3.32. The van der Waals surface area contributed by atoms with Crippen molar-refractivity contribution in [1.29, 1.82) is 0 Å². The Morgan fingerprint density at radius 2 is 1.86 bits per heavy atom. The first-order chi connectivity index (χ1) is 10.0. The Morgan fingerprint density at radius 3 is 2.57 bits per heavy atom. The van der Waals surface area contributed by atoms with Gasteiger partial charge in [-0.05, 0) is 56.6 Å². The summed E-state index contributed by atoms with van der Waals surface area (Å²) in [5.74, 6) is -0.884. The molecule has 0 radical (unpaired) electrons. The zero-order valence-electron chi connectivity index (χ0n) is 12.5. The summed E-state index contributed by atoms with van der Waals surface area (Å²) in [6, 6.07) is 4.94. The molecule has 0 amide bonds. The fourth-order valence-electron chi connectivity index (χ4n) is 2.27. The van der Waals surface area contributed by atoms with E-state index in [1.54, 1.807) is 0 Å². The number of halogens is 2. The van der Waals surface area contributed by atoms with Crippen molar-refractivity contribution in [2.45, 2.75) is 33.2 Å². The van der Waals surface area contributed by atoms with Gasteiger partial charge in [-0.15, -0.1) is 0 Å². The van der Waals surface area contributed by atoms with Gasteiger partial charge in [0.05, 0.1) is 17.4 Å². The molecular formula is C16H19F2N3. The molecule has 1 unspecified atom stereocenters. The van der Waals surface area contributed by atoms with Crippen molar-refractivity contribution in [1.82, 2.24) is 15.5 Å². The van der Waals surface area contributed by atoms with Gasteiger partial charge in [-0.1, -0.05) is 6.92 Å². The quantitative estimate of drug-likeness (QED) is 0.916. The number of aryl methyl sites for hydroxylation is 2. The zero-order valence-corrected chi connectivity index (χ0v) is 12.5. The highest BCUT2D eigenvalue weighted by Gasteiger charge is 2.21. The third kappa shape index (κ3) is 3.61. The summed E-state index contributed by atoms with van der Waals surface area (Å²) in [4.78, 5) is 0. The summed E-state index contributed by atoms with van der Waals surface area (Å²) in [5.41, 5.74) is 2.56. The molecule has 1 heterocycles. The molecule has 0 bridgehead atoms. The number of benzene rings is 1. The van der Waals surface area contributed by atoms with Crippen LogP contribution in [-0.2, 0) is 0 Å². The number of aromatic nitrogens is 2. The Kier molecular flexibility index (Phi) is 4.96. The van der Waals surface area contributed by atoms with Crippen molar-refractivity contribution in [3.63, 3.8) is 0 Å². The Hall–Kier alpha value is -1.88. The maximum atomic E-state index is 14.1. The van der Waals surface area contributed by atoms with Crippen LogP contribution in [0.2, 0.25) is 0 Å². The standard InChI is InChI=1S/C16H19F2N3/c1-4-7-19-16(13-8-10(2)20-21-11(13)3)14-9-12(17)5-6-15(14)18/h5-6,8-9,16,19H,4,7H2,1-3H3. The van der Waals surface area contributed by atoms with Crippen LogP contribution >= 0.6 is 0 Å². The predicted molar refractivity (Wildman–Crippen MR) is 78.0 cm³/mol. The van der Waals surface area contributed by atoms with Crippen LogP contribution < -0.4 is 5.32 Å². The van der Waals surface area contributed by atoms with Crippen LogP contribution in [0.1, 0.15) is 41.9 Å². The largest absolute Gasteiger partial charge is 0.306 e. The lowest BCUT2D eigenvalue weighted by Gasteiger charge is -2.21. The molecule has 112 valence electrons. The number of hydrogen-bond donors (Lipinski definition) is 1. The molecule has 0 saturated carbocycles. The first-order valence-corrected chi connectivity index (χ1v) is 7.02. The molecule has 0 aliphatic heterocycles. The number of nitrogens with zero attached hydrogens (tertiary/aromatic N) is 2. The molecule has 1 aromatic heterocycles. The third-order valence-electron chi connectivity index (χ3n) is 3.32. The average molecular weight is 291 g/mol. The van der Waals surface area contributed by atoms with Gasteiger partial charge in [-0.3, -0.25) is 0 Å². The summed E-state index contributed by atoms with van der Waals surface area (Å²) in [6.07, 6.45) is 0.893. The van der Waals surface area contributed by atoms with E-state index >= 15 is 0 Å². The molecule has 1 atom stereocenters. The van der Waals surface area contributed by atoms with E-state index in [4.69, 9.17) is 0 Å². The first kappa shape index (κ1) is 15.5. The molecule has 2 rings (SSSR count). The van der Waals surface area contributed by atoms with E-state index in [0.29, 0.717) is 17.8 Å². The number of rotatable bonds is 5. The van der Waals surface area contributed by atoms with Gasteiger partial charge in [0, 0.05) is 5.56 Å². The lowest BCUT2D eigenvalue weighted by molar-refractivity contribution is 0.532. The fourth-order valence-corrected chi connectivity index (χ4v) is 2.27. The fraction of sp³-hybridized carbons (Fsp3) is 0.375. The SMILES string of the molecule is CCCNC(c1cc(F)ccc1F)c1cc(C)nnc1C. The van der Waals surface area contributed by atoms with Gasteiger partial charge in [0.1, 0.15) is 11.6 Å². The van der Waals surface area contributed by atoms with Crippen LogP contribution in [0.25, 0.3) is 0 Å². The lowest BCUT2D eigenvalue weighted by Crippen LogP contribution is -2.25. The Bertz CT molecular complexity index is 577. The summed E-state index contributed by atoms with van der Waals surface area (Å²) in [7, 11) is 0. The molecule has 0 aliphatic rings. The highest BCUT2D eigenvalue weighted by atomic mass is 19.1. The van der Waals surface area contributed by atoms with Gasteiger partial charge in [0.2, 0.25) is 0 Å². The number of hydrogen-bond acceptors (Lipinski definition) is 3. The normalized spacial score (nSPS) is 12.4. The number of nitrogens with one attached hydrogen (secondary N) is 1. The summed E-state index contributed by atoms with van der Waals surface area (Å²) in [6.45, 7) is 6.37. The van der Waals surface area contributed by atoms with Crippen LogP contribution in [-0.4, -0.2) is 16.7 Å². The van der Waals surface area contributed by atoms with E-state index in [1.165, 1.54) is 6.07 Å². The highest BCUT2D eigenvalue weighted by Crippen LogP contribution is 2.27. The molecule has 0 saturated heterocycles. The smallest absolute Gasteiger partial charge is 0.128 e. The molecular weight excluding hydrogens is 272 g/mol.